The van der Waals surface area contributed by atoms with Gasteiger partial charge >= 0.3 is 0 Å². The third-order valence-corrected chi connectivity index (χ3v) is 4.24. The van der Waals surface area contributed by atoms with Crippen molar-refractivity contribution in [1.29, 1.82) is 0 Å². The number of nitrogens with zero attached hydrogens (tertiary/aromatic N) is 1. The minimum atomic E-state index is -0.0957. The van der Waals surface area contributed by atoms with E-state index in [0.717, 1.165) is 18.8 Å². The molecule has 1 aliphatic carbocycles. The number of amides is 1. The van der Waals surface area contributed by atoms with Gasteiger partial charge in [0.2, 0.25) is 0 Å². The van der Waals surface area contributed by atoms with E-state index in [-0.39, 0.29) is 5.91 Å². The number of hydrogen-bond acceptors (Lipinski definition) is 4. The number of carbonyl (C=O) groups excluding carboxylic acids is 1. The maximum absolute atomic E-state index is 11.8. The SMILES string of the molecule is CNC(=O)c1ccc(N)cc1NCCN(C)C1CCCC1. The first kappa shape index (κ1) is 15.6. The van der Waals surface area contributed by atoms with Crippen LogP contribution in [0, 0.1) is 0 Å². The second kappa shape index (κ2) is 7.31. The van der Waals surface area contributed by atoms with Crippen LogP contribution >= 0.6 is 0 Å². The molecule has 0 aromatic heterocycles. The van der Waals surface area contributed by atoms with Gasteiger partial charge in [-0.25, -0.2) is 0 Å². The fourth-order valence-electron chi connectivity index (χ4n) is 2.94. The Bertz CT molecular complexity index is 483. The average Bonchev–Trinajstić information content (AvgIpc) is 3.01. The van der Waals surface area contributed by atoms with Crippen LogP contribution in [0.15, 0.2) is 18.2 Å². The van der Waals surface area contributed by atoms with Gasteiger partial charge in [-0.2, -0.15) is 0 Å². The van der Waals surface area contributed by atoms with E-state index in [0.29, 0.717) is 17.3 Å². The van der Waals surface area contributed by atoms with Crippen LogP contribution in [0.2, 0.25) is 0 Å². The zero-order valence-corrected chi connectivity index (χ0v) is 13.0. The van der Waals surface area contributed by atoms with Crippen molar-refractivity contribution in [3.8, 4) is 0 Å². The highest BCUT2D eigenvalue weighted by molar-refractivity contribution is 6.00. The Labute approximate surface area is 126 Å². The van der Waals surface area contributed by atoms with E-state index in [1.165, 1.54) is 25.7 Å². The molecule has 5 heteroatoms. The smallest absolute Gasteiger partial charge is 0.253 e. The molecule has 0 aliphatic heterocycles. The molecule has 0 spiro atoms. The molecule has 0 unspecified atom stereocenters. The van der Waals surface area contributed by atoms with Crippen molar-refractivity contribution in [2.24, 2.45) is 0 Å². The second-order valence-corrected chi connectivity index (χ2v) is 5.73. The van der Waals surface area contributed by atoms with Gasteiger partial charge in [0.15, 0.2) is 0 Å². The molecule has 0 saturated heterocycles. The maximum atomic E-state index is 11.8. The summed E-state index contributed by atoms with van der Waals surface area (Å²) in [6.45, 7) is 1.77. The first-order valence-electron chi connectivity index (χ1n) is 7.67. The molecule has 1 aliphatic rings. The van der Waals surface area contributed by atoms with E-state index in [2.05, 4.69) is 22.6 Å². The summed E-state index contributed by atoms with van der Waals surface area (Å²) in [5, 5.41) is 6.00. The number of carbonyl (C=O) groups is 1. The highest BCUT2D eigenvalue weighted by atomic mass is 16.1. The van der Waals surface area contributed by atoms with Crippen LogP contribution in [-0.2, 0) is 0 Å². The fraction of sp³-hybridized carbons (Fsp3) is 0.562. The molecule has 5 nitrogen and oxygen atoms in total. The first-order chi connectivity index (χ1) is 10.1. The van der Waals surface area contributed by atoms with Gasteiger partial charge in [0.25, 0.3) is 5.91 Å². The molecular weight excluding hydrogens is 264 g/mol. The van der Waals surface area contributed by atoms with Crippen LogP contribution in [0.3, 0.4) is 0 Å². The molecule has 0 atom stereocenters. The summed E-state index contributed by atoms with van der Waals surface area (Å²) in [5.41, 5.74) is 7.91. The predicted molar refractivity (Wildman–Crippen MR) is 87.6 cm³/mol. The lowest BCUT2D eigenvalue weighted by Crippen LogP contribution is -2.33. The average molecular weight is 290 g/mol. The van der Waals surface area contributed by atoms with Crippen LogP contribution in [0.1, 0.15) is 36.0 Å². The Kier molecular flexibility index (Phi) is 5.44. The van der Waals surface area contributed by atoms with Crippen LogP contribution in [0.25, 0.3) is 0 Å². The molecule has 1 saturated carbocycles. The summed E-state index contributed by atoms with van der Waals surface area (Å²) >= 11 is 0. The summed E-state index contributed by atoms with van der Waals surface area (Å²) in [6.07, 6.45) is 5.30. The highest BCUT2D eigenvalue weighted by Gasteiger charge is 2.19. The third-order valence-electron chi connectivity index (χ3n) is 4.24. The van der Waals surface area contributed by atoms with Crippen LogP contribution < -0.4 is 16.4 Å². The highest BCUT2D eigenvalue weighted by Crippen LogP contribution is 2.22. The molecule has 0 bridgehead atoms. The van der Waals surface area contributed by atoms with E-state index >= 15 is 0 Å². The van der Waals surface area contributed by atoms with Gasteiger partial charge in [-0.05, 0) is 38.1 Å². The van der Waals surface area contributed by atoms with Gasteiger partial charge in [0.05, 0.1) is 5.56 Å². The quantitative estimate of drug-likeness (QED) is 0.700. The van der Waals surface area contributed by atoms with Crippen LogP contribution in [-0.4, -0.2) is 44.0 Å². The van der Waals surface area contributed by atoms with Crippen molar-refractivity contribution in [2.75, 3.05) is 38.2 Å². The van der Waals surface area contributed by atoms with E-state index in [4.69, 9.17) is 5.73 Å². The van der Waals surface area contributed by atoms with Gasteiger partial charge in [0, 0.05) is 37.6 Å². The molecule has 4 N–H and O–H groups in total. The molecule has 1 aromatic rings. The lowest BCUT2D eigenvalue weighted by molar-refractivity contribution is 0.0964. The van der Waals surface area contributed by atoms with Crippen molar-refractivity contribution in [1.82, 2.24) is 10.2 Å². The third kappa shape index (κ3) is 4.11. The Balaban J connectivity index is 1.92. The van der Waals surface area contributed by atoms with Crippen molar-refractivity contribution >= 4 is 17.3 Å². The minimum Gasteiger partial charge on any atom is -0.399 e. The van der Waals surface area contributed by atoms with E-state index in [1.54, 1.807) is 19.2 Å². The summed E-state index contributed by atoms with van der Waals surface area (Å²) < 4.78 is 0. The first-order valence-corrected chi connectivity index (χ1v) is 7.67. The van der Waals surface area contributed by atoms with Crippen molar-refractivity contribution in [3.05, 3.63) is 23.8 Å². The summed E-state index contributed by atoms with van der Waals surface area (Å²) in [7, 11) is 3.81. The number of likely N-dealkylation sites (N-methyl/N-ethyl adjacent to an activating group) is 1. The molecule has 1 aromatic carbocycles. The molecule has 0 heterocycles. The maximum Gasteiger partial charge on any atom is 0.253 e. The number of rotatable bonds is 6. The number of nitrogen functional groups attached to an aromatic ring is 1. The van der Waals surface area contributed by atoms with Crippen LogP contribution in [0.4, 0.5) is 11.4 Å². The van der Waals surface area contributed by atoms with Crippen molar-refractivity contribution < 1.29 is 4.79 Å². The zero-order chi connectivity index (χ0) is 15.2. The minimum absolute atomic E-state index is 0.0957. The number of hydrogen-bond donors (Lipinski definition) is 3. The lowest BCUT2D eigenvalue weighted by Gasteiger charge is -2.24. The summed E-state index contributed by atoms with van der Waals surface area (Å²) in [6, 6.07) is 6.05. The largest absolute Gasteiger partial charge is 0.399 e. The summed E-state index contributed by atoms with van der Waals surface area (Å²) in [5.74, 6) is -0.0957. The fourth-order valence-corrected chi connectivity index (χ4v) is 2.94. The second-order valence-electron chi connectivity index (χ2n) is 5.73. The molecular formula is C16H26N4O. The Morgan fingerprint density at radius 3 is 2.76 bits per heavy atom. The molecule has 21 heavy (non-hydrogen) atoms. The Morgan fingerprint density at radius 1 is 1.38 bits per heavy atom. The number of nitrogens with two attached hydrogens (primary N) is 1. The topological polar surface area (TPSA) is 70.4 Å². The van der Waals surface area contributed by atoms with E-state index in [1.807, 2.05) is 6.07 Å². The standard InChI is InChI=1S/C16H26N4O/c1-18-16(21)14-8-7-12(17)11-15(14)19-9-10-20(2)13-5-3-4-6-13/h7-8,11,13,19H,3-6,9-10,17H2,1-2H3,(H,18,21). The van der Waals surface area contributed by atoms with E-state index in [9.17, 15) is 4.79 Å². The zero-order valence-electron chi connectivity index (χ0n) is 13.0. The van der Waals surface area contributed by atoms with Crippen LogP contribution in [0.5, 0.6) is 0 Å². The number of anilines is 2. The summed E-state index contributed by atoms with van der Waals surface area (Å²) in [4.78, 5) is 14.3. The van der Waals surface area contributed by atoms with Gasteiger partial charge in [-0.3, -0.25) is 4.79 Å². The van der Waals surface area contributed by atoms with Crippen molar-refractivity contribution in [2.45, 2.75) is 31.7 Å². The monoisotopic (exact) mass is 290 g/mol. The van der Waals surface area contributed by atoms with E-state index < -0.39 is 0 Å². The normalized spacial score (nSPS) is 15.4. The van der Waals surface area contributed by atoms with Gasteiger partial charge in [-0.15, -0.1) is 0 Å². The van der Waals surface area contributed by atoms with Gasteiger partial charge in [0.1, 0.15) is 0 Å². The predicted octanol–water partition coefficient (Wildman–Crippen LogP) is 1.91. The number of nitrogens with one attached hydrogen (secondary N) is 2. The Morgan fingerprint density at radius 2 is 2.10 bits per heavy atom. The van der Waals surface area contributed by atoms with Gasteiger partial charge < -0.3 is 21.3 Å². The van der Waals surface area contributed by atoms with Gasteiger partial charge in [-0.1, -0.05) is 12.8 Å². The molecule has 116 valence electrons. The lowest BCUT2D eigenvalue weighted by atomic mass is 10.1. The molecule has 2 rings (SSSR count). The molecule has 0 radical (unpaired) electrons. The Hall–Kier alpha value is -1.75. The molecule has 1 fully saturated rings. The molecule has 1 amide bonds. The van der Waals surface area contributed by atoms with Crippen molar-refractivity contribution in [3.63, 3.8) is 0 Å². The number of benzene rings is 1.